The summed E-state index contributed by atoms with van der Waals surface area (Å²) in [4.78, 5) is 28.1. The van der Waals surface area contributed by atoms with Crippen LogP contribution in [0.3, 0.4) is 0 Å². The molecule has 0 aliphatic carbocycles. The number of nitrogens with one attached hydrogen (secondary N) is 2. The molecule has 226 valence electrons. The van der Waals surface area contributed by atoms with Gasteiger partial charge in [0.05, 0.1) is 25.0 Å². The minimum atomic E-state index is -1.09. The van der Waals surface area contributed by atoms with Gasteiger partial charge in [-0.2, -0.15) is 0 Å². The quantitative estimate of drug-likeness (QED) is 0.200. The number of benzene rings is 3. The fourth-order valence-corrected chi connectivity index (χ4v) is 4.95. The van der Waals surface area contributed by atoms with E-state index in [4.69, 9.17) is 4.42 Å². The van der Waals surface area contributed by atoms with Gasteiger partial charge < -0.3 is 25.1 Å². The molecule has 0 unspecified atom stereocenters. The smallest absolute Gasteiger partial charge is 0.254 e. The Labute approximate surface area is 250 Å². The first-order chi connectivity index (χ1) is 20.6. The molecule has 1 heterocycles. The van der Waals surface area contributed by atoms with Crippen molar-refractivity contribution in [2.45, 2.75) is 51.9 Å². The number of hydrogen-bond donors (Lipinski definition) is 3. The Hall–Kier alpha value is -4.34. The third kappa shape index (κ3) is 9.07. The molecule has 4 rings (SSSR count). The Kier molecular flexibility index (Phi) is 10.8. The van der Waals surface area contributed by atoms with Crippen LogP contribution in [0.4, 0.5) is 8.78 Å². The molecule has 7 nitrogen and oxygen atoms in total. The van der Waals surface area contributed by atoms with E-state index in [2.05, 4.69) is 23.6 Å². The van der Waals surface area contributed by atoms with Gasteiger partial charge >= 0.3 is 0 Å². The number of aliphatic hydroxyl groups is 1. The van der Waals surface area contributed by atoms with Crippen LogP contribution in [0.1, 0.15) is 55.7 Å². The molecular formula is C34H37F2N3O4. The van der Waals surface area contributed by atoms with Crippen molar-refractivity contribution in [1.82, 2.24) is 15.5 Å². The highest BCUT2D eigenvalue weighted by atomic mass is 19.1. The Morgan fingerprint density at radius 1 is 0.930 bits per heavy atom. The lowest BCUT2D eigenvalue weighted by Crippen LogP contribution is -2.48. The predicted octanol–water partition coefficient (Wildman–Crippen LogP) is 5.19. The van der Waals surface area contributed by atoms with Crippen molar-refractivity contribution in [3.05, 3.63) is 130 Å². The van der Waals surface area contributed by atoms with Crippen LogP contribution in [0.2, 0.25) is 0 Å². The van der Waals surface area contributed by atoms with E-state index in [9.17, 15) is 23.5 Å². The molecule has 2 amide bonds. The van der Waals surface area contributed by atoms with Crippen LogP contribution >= 0.6 is 0 Å². The molecule has 3 N–H and O–H groups in total. The average molecular weight is 590 g/mol. The molecule has 0 bridgehead atoms. The standard InChI is InChI=1S/C34H37F2N3O4/c1-4-23-7-5-8-24(13-23)19-37-20-32(40)31(16-25-14-28(35)18-29(36)15-25)38-33(41)26-11-22(2)12-27(17-26)34(42)39(3)21-30-9-6-10-43-30/h5-15,17-18,31-32,37,40H,4,16,19-21H2,1-3H3,(H,38,41)/t31-,32+/m0/s1. The Morgan fingerprint density at radius 2 is 1.65 bits per heavy atom. The SMILES string of the molecule is CCc1cccc(CNC[C@@H](O)[C@H](Cc2cc(F)cc(F)c2)NC(=O)c2cc(C)cc(C(=O)N(C)Cc3ccco3)c2)c1. The molecule has 0 saturated heterocycles. The van der Waals surface area contributed by atoms with Crippen molar-refractivity contribution < 1.29 is 27.9 Å². The van der Waals surface area contributed by atoms with Gasteiger partial charge in [0.25, 0.3) is 11.8 Å². The van der Waals surface area contributed by atoms with E-state index in [1.165, 1.54) is 34.9 Å². The van der Waals surface area contributed by atoms with Crippen LogP contribution in [-0.4, -0.2) is 47.6 Å². The number of aliphatic hydroxyl groups excluding tert-OH is 1. The topological polar surface area (TPSA) is 94.8 Å². The number of nitrogens with zero attached hydrogens (tertiary/aromatic N) is 1. The van der Waals surface area contributed by atoms with Gasteiger partial charge in [-0.15, -0.1) is 0 Å². The van der Waals surface area contributed by atoms with Gasteiger partial charge in [-0.05, 0) is 84.5 Å². The van der Waals surface area contributed by atoms with E-state index in [-0.39, 0.29) is 36.5 Å². The van der Waals surface area contributed by atoms with Gasteiger partial charge in [-0.3, -0.25) is 9.59 Å². The number of hydrogen-bond acceptors (Lipinski definition) is 5. The number of amides is 2. The first-order valence-electron chi connectivity index (χ1n) is 14.2. The van der Waals surface area contributed by atoms with Crippen molar-refractivity contribution in [1.29, 1.82) is 0 Å². The second kappa shape index (κ2) is 14.7. The summed E-state index contributed by atoms with van der Waals surface area (Å²) >= 11 is 0. The van der Waals surface area contributed by atoms with Gasteiger partial charge in [0, 0.05) is 37.3 Å². The van der Waals surface area contributed by atoms with E-state index in [0.717, 1.165) is 18.1 Å². The molecule has 0 aliphatic heterocycles. The van der Waals surface area contributed by atoms with Gasteiger partial charge in [-0.1, -0.05) is 31.2 Å². The molecule has 0 radical (unpaired) electrons. The van der Waals surface area contributed by atoms with Crippen LogP contribution in [0, 0.1) is 18.6 Å². The maximum Gasteiger partial charge on any atom is 0.254 e. The van der Waals surface area contributed by atoms with E-state index < -0.39 is 29.7 Å². The Morgan fingerprint density at radius 3 is 2.35 bits per heavy atom. The first kappa shape index (κ1) is 31.6. The second-order valence-corrected chi connectivity index (χ2v) is 10.8. The molecule has 2 atom stereocenters. The maximum atomic E-state index is 14.0. The molecule has 0 fully saturated rings. The maximum absolute atomic E-state index is 14.0. The average Bonchev–Trinajstić information content (AvgIpc) is 3.48. The summed E-state index contributed by atoms with van der Waals surface area (Å²) in [5.74, 6) is -1.69. The normalized spacial score (nSPS) is 12.5. The summed E-state index contributed by atoms with van der Waals surface area (Å²) in [6, 6.07) is 18.7. The number of aryl methyl sites for hydroxylation is 2. The number of rotatable bonds is 13. The van der Waals surface area contributed by atoms with E-state index >= 15 is 0 Å². The zero-order valence-electron chi connectivity index (χ0n) is 24.6. The van der Waals surface area contributed by atoms with Crippen molar-refractivity contribution in [2.24, 2.45) is 0 Å². The summed E-state index contributed by atoms with van der Waals surface area (Å²) in [7, 11) is 1.64. The third-order valence-corrected chi connectivity index (χ3v) is 7.15. The van der Waals surface area contributed by atoms with Crippen LogP contribution in [0.15, 0.2) is 83.5 Å². The van der Waals surface area contributed by atoms with Gasteiger partial charge in [0.1, 0.15) is 17.4 Å². The molecule has 9 heteroatoms. The van der Waals surface area contributed by atoms with Gasteiger partial charge in [-0.25, -0.2) is 8.78 Å². The molecule has 1 aromatic heterocycles. The fourth-order valence-electron chi connectivity index (χ4n) is 4.95. The number of carbonyl (C=O) groups is 2. The molecule has 0 aliphatic rings. The Bertz CT molecular complexity index is 1520. The largest absolute Gasteiger partial charge is 0.467 e. The predicted molar refractivity (Wildman–Crippen MR) is 161 cm³/mol. The fraction of sp³-hybridized carbons (Fsp3) is 0.294. The van der Waals surface area contributed by atoms with Crippen LogP contribution in [-0.2, 0) is 25.9 Å². The number of carbonyl (C=O) groups excluding carboxylic acids is 2. The summed E-state index contributed by atoms with van der Waals surface area (Å²) < 4.78 is 33.3. The lowest BCUT2D eigenvalue weighted by molar-refractivity contribution is 0.0775. The highest BCUT2D eigenvalue weighted by molar-refractivity contribution is 6.00. The number of halogens is 2. The van der Waals surface area contributed by atoms with Crippen molar-refractivity contribution >= 4 is 11.8 Å². The minimum absolute atomic E-state index is 0.0158. The van der Waals surface area contributed by atoms with Gasteiger partial charge in [0.15, 0.2) is 0 Å². The van der Waals surface area contributed by atoms with Crippen LogP contribution in [0.5, 0.6) is 0 Å². The molecule has 0 spiro atoms. The van der Waals surface area contributed by atoms with Crippen molar-refractivity contribution in [2.75, 3.05) is 13.6 Å². The highest BCUT2D eigenvalue weighted by Gasteiger charge is 2.24. The van der Waals surface area contributed by atoms with Crippen LogP contribution in [0.25, 0.3) is 0 Å². The molecule has 43 heavy (non-hydrogen) atoms. The molecular weight excluding hydrogens is 552 g/mol. The number of furan rings is 1. The first-order valence-corrected chi connectivity index (χ1v) is 14.2. The van der Waals surface area contributed by atoms with E-state index in [1.807, 2.05) is 18.2 Å². The molecule has 3 aromatic carbocycles. The highest BCUT2D eigenvalue weighted by Crippen LogP contribution is 2.16. The van der Waals surface area contributed by atoms with Crippen molar-refractivity contribution in [3.63, 3.8) is 0 Å². The Balaban J connectivity index is 1.50. The second-order valence-electron chi connectivity index (χ2n) is 10.8. The lowest BCUT2D eigenvalue weighted by atomic mass is 9.99. The minimum Gasteiger partial charge on any atom is -0.467 e. The van der Waals surface area contributed by atoms with E-state index in [0.29, 0.717) is 23.4 Å². The molecule has 4 aromatic rings. The summed E-state index contributed by atoms with van der Waals surface area (Å²) in [5, 5.41) is 17.2. The monoisotopic (exact) mass is 589 g/mol. The summed E-state index contributed by atoms with van der Waals surface area (Å²) in [5.41, 5.74) is 3.77. The summed E-state index contributed by atoms with van der Waals surface area (Å²) in [6.45, 7) is 4.73. The summed E-state index contributed by atoms with van der Waals surface area (Å²) in [6.07, 6.45) is 1.33. The lowest BCUT2D eigenvalue weighted by Gasteiger charge is -2.25. The zero-order valence-corrected chi connectivity index (χ0v) is 24.6. The van der Waals surface area contributed by atoms with E-state index in [1.54, 1.807) is 38.2 Å². The van der Waals surface area contributed by atoms with Crippen molar-refractivity contribution in [3.8, 4) is 0 Å². The van der Waals surface area contributed by atoms with Gasteiger partial charge in [0.2, 0.25) is 0 Å². The zero-order chi connectivity index (χ0) is 30.9. The third-order valence-electron chi connectivity index (χ3n) is 7.15. The van der Waals surface area contributed by atoms with Crippen LogP contribution < -0.4 is 10.6 Å². The molecule has 0 saturated carbocycles.